The maximum atomic E-state index is 15.5. The molecule has 1 spiro atoms. The van der Waals surface area contributed by atoms with Gasteiger partial charge in [-0.25, -0.2) is 20.4 Å². The summed E-state index contributed by atoms with van der Waals surface area (Å²) in [4.78, 5) is 76.5. The number of cyclic esters (lactones) is 1. The zero-order valence-electron chi connectivity index (χ0n) is 46.8. The van der Waals surface area contributed by atoms with E-state index in [1.807, 2.05) is 6.07 Å². The Hall–Kier alpha value is -5.83. The summed E-state index contributed by atoms with van der Waals surface area (Å²) in [6.45, 7) is 17.2. The minimum atomic E-state index is -1.11. The van der Waals surface area contributed by atoms with Gasteiger partial charge in [-0.1, -0.05) is 26.8 Å². The number of hydrogen-bond donors (Lipinski definition) is 2. The number of benzene rings is 1. The van der Waals surface area contributed by atoms with Crippen molar-refractivity contribution in [1.29, 1.82) is 0 Å². The first-order chi connectivity index (χ1) is 38.2. The van der Waals surface area contributed by atoms with Crippen LogP contribution in [0, 0.1) is 17.3 Å². The molecule has 79 heavy (non-hydrogen) atoms. The number of rotatable bonds is 11. The molecular formula is C60H77N13O6. The number of amides is 2. The number of hydrazine groups is 1. The zero-order chi connectivity index (χ0) is 54.1. The third-order valence-electron chi connectivity index (χ3n) is 19.8. The van der Waals surface area contributed by atoms with Gasteiger partial charge in [-0.05, 0) is 101 Å². The van der Waals surface area contributed by atoms with Crippen molar-refractivity contribution in [2.24, 2.45) is 17.3 Å². The first-order valence-electron chi connectivity index (χ1n) is 29.4. The molecule has 3 saturated carbocycles. The fourth-order valence-corrected chi connectivity index (χ4v) is 14.4. The number of pyridine rings is 1. The highest BCUT2D eigenvalue weighted by Gasteiger charge is 2.58. The second-order valence-electron chi connectivity index (χ2n) is 25.6. The SMILES string of the molecule is CO[C@@H](C)c1ncc(N2CCN(C3CC3)CC2)cc1-c1c2c3cc(ccc3n1C1CN(C3CC3)C1)-c1coc(n1)[C@@H](N1CC3(CCN3C)C1)[C@H](NC(=O)[C@@H]1[C@@H](C)[C@H]1c1ccncn1)C(=O)N1CCC[C@H](N1)C(=O)OCC(C)(C)C2. The number of likely N-dealkylation sites (tertiary alicyclic amines) is 3. The molecule has 9 aliphatic rings. The summed E-state index contributed by atoms with van der Waals surface area (Å²) in [5.41, 5.74) is 11.6. The molecule has 2 amide bonds. The molecule has 6 bridgehead atoms. The summed E-state index contributed by atoms with van der Waals surface area (Å²) in [5, 5.41) is 5.92. The van der Waals surface area contributed by atoms with E-state index in [0.717, 1.165) is 109 Å². The highest BCUT2D eigenvalue weighted by molar-refractivity contribution is 5.96. The van der Waals surface area contributed by atoms with Crippen LogP contribution in [0.15, 0.2) is 59.7 Å². The number of likely N-dealkylation sites (N-methyl/N-ethyl adjacent to an activating group) is 1. The summed E-state index contributed by atoms with van der Waals surface area (Å²) in [5.74, 6) is -1.16. The highest BCUT2D eigenvalue weighted by Crippen LogP contribution is 2.54. The molecule has 19 heteroatoms. The Balaban J connectivity index is 0.908. The van der Waals surface area contributed by atoms with E-state index in [2.05, 4.69) is 115 Å². The van der Waals surface area contributed by atoms with E-state index in [1.165, 1.54) is 37.0 Å². The number of anilines is 1. The van der Waals surface area contributed by atoms with Gasteiger partial charge in [0.2, 0.25) is 11.8 Å². The summed E-state index contributed by atoms with van der Waals surface area (Å²) in [6.07, 6.45) is 14.5. The number of methoxy groups -OCH3 is 1. The predicted molar refractivity (Wildman–Crippen MR) is 296 cm³/mol. The van der Waals surface area contributed by atoms with Gasteiger partial charge in [-0.2, -0.15) is 0 Å². The van der Waals surface area contributed by atoms with Crippen LogP contribution < -0.4 is 15.6 Å². The Morgan fingerprint density at radius 3 is 2.42 bits per heavy atom. The molecule has 0 radical (unpaired) electrons. The Bertz CT molecular complexity index is 3150. The lowest BCUT2D eigenvalue weighted by Gasteiger charge is -2.63. The lowest BCUT2D eigenvalue weighted by molar-refractivity contribution is -0.160. The summed E-state index contributed by atoms with van der Waals surface area (Å²) in [7, 11) is 3.91. The molecule has 19 nitrogen and oxygen atoms in total. The van der Waals surface area contributed by atoms with Crippen molar-refractivity contribution < 1.29 is 28.3 Å². The number of carbonyl (C=O) groups is 3. The number of esters is 1. The average Bonchev–Trinajstić information content (AvgIpc) is 4.42. The summed E-state index contributed by atoms with van der Waals surface area (Å²) >= 11 is 0. The smallest absolute Gasteiger partial charge is 0.324 e. The van der Waals surface area contributed by atoms with Gasteiger partial charge in [0, 0.05) is 141 Å². The van der Waals surface area contributed by atoms with Crippen LogP contribution in [0.3, 0.4) is 0 Å². The van der Waals surface area contributed by atoms with Gasteiger partial charge in [0.05, 0.1) is 42.0 Å². The van der Waals surface area contributed by atoms with E-state index >= 15 is 4.79 Å². The van der Waals surface area contributed by atoms with E-state index in [4.69, 9.17) is 23.9 Å². The third kappa shape index (κ3) is 9.23. The first-order valence-corrected chi connectivity index (χ1v) is 29.4. The number of hydrogen-bond acceptors (Lipinski definition) is 16. The molecular weight excluding hydrogens is 999 g/mol. The topological polar surface area (TPSA) is 183 Å². The summed E-state index contributed by atoms with van der Waals surface area (Å²) in [6, 6.07) is 9.87. The lowest BCUT2D eigenvalue weighted by atomic mass is 9.76. The van der Waals surface area contributed by atoms with Gasteiger partial charge in [-0.15, -0.1) is 0 Å². The quantitative estimate of drug-likeness (QED) is 0.153. The fourth-order valence-electron chi connectivity index (χ4n) is 14.4. The number of oxazole rings is 1. The van der Waals surface area contributed by atoms with Crippen LogP contribution in [-0.4, -0.2) is 183 Å². The molecule has 0 unspecified atom stereocenters. The van der Waals surface area contributed by atoms with Crippen molar-refractivity contribution in [2.75, 3.05) is 91.1 Å². The molecule has 7 atom stereocenters. The molecule has 14 rings (SSSR count). The molecule has 8 fully saturated rings. The van der Waals surface area contributed by atoms with Gasteiger partial charge in [0.25, 0.3) is 5.91 Å². The second kappa shape index (κ2) is 19.7. The van der Waals surface area contributed by atoms with Crippen LogP contribution >= 0.6 is 0 Å². The van der Waals surface area contributed by atoms with Gasteiger partial charge < -0.3 is 28.7 Å². The molecule has 1 aromatic carbocycles. The molecule has 3 aliphatic carbocycles. The van der Waals surface area contributed by atoms with Crippen molar-refractivity contribution in [3.05, 3.63) is 78.2 Å². The molecule has 6 aliphatic heterocycles. The fraction of sp³-hybridized carbons (Fsp3) is 0.617. The minimum absolute atomic E-state index is 0.00275. The molecule has 5 aromatic rings. The minimum Gasteiger partial charge on any atom is -0.464 e. The largest absolute Gasteiger partial charge is 0.464 e. The zero-order valence-corrected chi connectivity index (χ0v) is 46.8. The molecule has 2 N–H and O–H groups in total. The highest BCUT2D eigenvalue weighted by atomic mass is 16.5. The number of nitrogens with zero attached hydrogens (tertiary/aromatic N) is 11. The van der Waals surface area contributed by atoms with Crippen LogP contribution in [0.2, 0.25) is 0 Å². The van der Waals surface area contributed by atoms with Crippen molar-refractivity contribution in [2.45, 2.75) is 133 Å². The van der Waals surface area contributed by atoms with Crippen LogP contribution in [-0.2, 0) is 30.3 Å². The molecule has 10 heterocycles. The van der Waals surface area contributed by atoms with Crippen molar-refractivity contribution >= 4 is 34.4 Å². The molecule has 4 aromatic heterocycles. The number of aromatic nitrogens is 5. The standard InChI is InChI=1S/C60H77N13O6/c1-35-49(45-15-17-61-34-63-45)50(35)55(74)65-52-54(71-31-60(32-71)16-19-67(60)5)56-64-47(30-78-56)37-9-14-48-42(24-37)44(26-59(3,4)33-79-58(76)46-8-7-18-72(66-46)57(52)75)53(73(48)41-28-70(29-41)39-12-13-39)43-25-40(27-62-51(43)36(2)77-6)69-22-20-68(21-23-69)38-10-11-38/h9,14-15,17,24-25,27,30,34-36,38-39,41,46,49-50,52,54,66H,7-8,10-13,16,18-23,26,28-29,31-33H2,1-6H3,(H,65,74)/t35-,36-,46-,49-,50+,52-,54-/m0/s1. The van der Waals surface area contributed by atoms with E-state index < -0.39 is 35.4 Å². The Labute approximate surface area is 462 Å². The van der Waals surface area contributed by atoms with Crippen molar-refractivity contribution in [3.8, 4) is 22.5 Å². The van der Waals surface area contributed by atoms with Crippen LogP contribution in [0.5, 0.6) is 0 Å². The number of piperazine rings is 1. The number of carbonyl (C=O) groups excluding carboxylic acids is 3. The van der Waals surface area contributed by atoms with Crippen molar-refractivity contribution in [1.82, 2.24) is 59.9 Å². The first kappa shape index (κ1) is 51.3. The van der Waals surface area contributed by atoms with Gasteiger partial charge in [-0.3, -0.25) is 44.0 Å². The van der Waals surface area contributed by atoms with Crippen molar-refractivity contribution in [3.63, 3.8) is 0 Å². The Morgan fingerprint density at radius 2 is 1.71 bits per heavy atom. The normalized spacial score (nSPS) is 29.1. The van der Waals surface area contributed by atoms with E-state index in [0.29, 0.717) is 56.5 Å². The van der Waals surface area contributed by atoms with Gasteiger partial charge in [0.1, 0.15) is 36.4 Å². The van der Waals surface area contributed by atoms with Crippen LogP contribution in [0.4, 0.5) is 5.69 Å². The summed E-state index contributed by atoms with van der Waals surface area (Å²) < 4.78 is 21.9. The van der Waals surface area contributed by atoms with Crippen LogP contribution in [0.1, 0.15) is 120 Å². The van der Waals surface area contributed by atoms with Crippen LogP contribution in [0.25, 0.3) is 33.4 Å². The van der Waals surface area contributed by atoms with E-state index in [9.17, 15) is 9.59 Å². The predicted octanol–water partition coefficient (Wildman–Crippen LogP) is 5.75. The van der Waals surface area contributed by atoms with Gasteiger partial charge in [0.15, 0.2) is 0 Å². The number of ether oxygens (including phenoxy) is 2. The van der Waals surface area contributed by atoms with E-state index in [-0.39, 0.29) is 47.9 Å². The Morgan fingerprint density at radius 1 is 0.924 bits per heavy atom. The maximum Gasteiger partial charge on any atom is 0.324 e. The van der Waals surface area contributed by atoms with Gasteiger partial charge >= 0.3 is 5.97 Å². The number of fused-ring (bicyclic) bond motifs is 6. The lowest BCUT2D eigenvalue weighted by Crippen LogP contribution is -2.77. The molecule has 418 valence electrons. The second-order valence-corrected chi connectivity index (χ2v) is 25.6. The average molecular weight is 1080 g/mol. The van der Waals surface area contributed by atoms with E-state index in [1.54, 1.807) is 19.6 Å². The molecule has 5 saturated heterocycles. The third-order valence-corrected chi connectivity index (χ3v) is 19.8. The number of nitrogens with one attached hydrogen (secondary N) is 2. The Kier molecular flexibility index (Phi) is 12.8. The maximum absolute atomic E-state index is 15.5. The monoisotopic (exact) mass is 1080 g/mol.